The molecular formula is C17H33NO2Si. The van der Waals surface area contributed by atoms with E-state index in [2.05, 4.69) is 45.7 Å². The summed E-state index contributed by atoms with van der Waals surface area (Å²) in [5.41, 5.74) is 0. The molecule has 0 aliphatic rings. The minimum Gasteiger partial charge on any atom is -0.417 e. The molecule has 3 nitrogen and oxygen atoms in total. The third-order valence-corrected chi connectivity index (χ3v) is 8.75. The van der Waals surface area contributed by atoms with Gasteiger partial charge in [0.1, 0.15) is 0 Å². The normalized spacial score (nSPS) is 11.8. The lowest BCUT2D eigenvalue weighted by molar-refractivity contribution is -0.124. The number of nitrogens with zero attached hydrogens (tertiary/aromatic N) is 1. The minimum absolute atomic E-state index is 0.0578. The molecule has 0 fully saturated rings. The van der Waals surface area contributed by atoms with Gasteiger partial charge in [0.25, 0.3) is 5.91 Å². The van der Waals surface area contributed by atoms with E-state index >= 15 is 0 Å². The summed E-state index contributed by atoms with van der Waals surface area (Å²) in [7, 11) is -1.61. The predicted molar refractivity (Wildman–Crippen MR) is 92.7 cm³/mol. The summed E-state index contributed by atoms with van der Waals surface area (Å²) in [6, 6.07) is 0. The van der Waals surface area contributed by atoms with Crippen molar-refractivity contribution >= 4 is 14.2 Å². The van der Waals surface area contributed by atoms with Crippen LogP contribution in [-0.4, -0.2) is 38.8 Å². The van der Waals surface area contributed by atoms with E-state index < -0.39 is 8.32 Å². The fourth-order valence-electron chi connectivity index (χ4n) is 1.59. The number of carbonyl (C=O) groups excluding carboxylic acids is 1. The van der Waals surface area contributed by atoms with E-state index in [1.807, 2.05) is 13.8 Å². The Morgan fingerprint density at radius 2 is 1.71 bits per heavy atom. The number of unbranched alkanes of at least 4 members (excludes halogenated alkanes) is 2. The van der Waals surface area contributed by atoms with Crippen LogP contribution in [0.15, 0.2) is 0 Å². The summed E-state index contributed by atoms with van der Waals surface area (Å²) in [5.74, 6) is 5.64. The first kappa shape index (κ1) is 20.2. The zero-order chi connectivity index (χ0) is 16.5. The van der Waals surface area contributed by atoms with Crippen LogP contribution >= 0.6 is 0 Å². The Morgan fingerprint density at radius 1 is 1.14 bits per heavy atom. The van der Waals surface area contributed by atoms with E-state index in [1.165, 1.54) is 0 Å². The van der Waals surface area contributed by atoms with Gasteiger partial charge in [-0.05, 0) is 50.7 Å². The van der Waals surface area contributed by atoms with E-state index in [4.69, 9.17) is 4.43 Å². The Bertz CT molecular complexity index is 370. The highest BCUT2D eigenvalue weighted by molar-refractivity contribution is 6.74. The molecule has 0 rings (SSSR count). The molecule has 0 bridgehead atoms. The standard InChI is InChI=1S/C17H33NO2Si/c1-8-18(9-2)16(19)14-12-10-11-13-15-20-21(6,7)17(3,4)5/h8-11,13,15H2,1-7H3. The Labute approximate surface area is 132 Å². The molecular weight excluding hydrogens is 278 g/mol. The number of hydrogen-bond donors (Lipinski definition) is 0. The van der Waals surface area contributed by atoms with Crippen LogP contribution in [0.3, 0.4) is 0 Å². The highest BCUT2D eigenvalue weighted by Crippen LogP contribution is 2.36. The van der Waals surface area contributed by atoms with E-state index in [9.17, 15) is 4.79 Å². The molecule has 0 aliphatic carbocycles. The van der Waals surface area contributed by atoms with Crippen LogP contribution in [0.2, 0.25) is 18.1 Å². The van der Waals surface area contributed by atoms with Gasteiger partial charge in [0.05, 0.1) is 0 Å². The molecule has 0 unspecified atom stereocenters. The first-order valence-corrected chi connectivity index (χ1v) is 11.0. The maximum absolute atomic E-state index is 11.7. The van der Waals surface area contributed by atoms with Crippen LogP contribution in [-0.2, 0) is 9.22 Å². The SMILES string of the molecule is CCN(CC)C(=O)C#CCCCCO[Si](C)(C)C(C)(C)C. The van der Waals surface area contributed by atoms with Crippen molar-refractivity contribution in [2.45, 2.75) is 72.0 Å². The summed E-state index contributed by atoms with van der Waals surface area (Å²) >= 11 is 0. The molecule has 1 amide bonds. The summed E-state index contributed by atoms with van der Waals surface area (Å²) in [5, 5.41) is 0.267. The molecule has 0 aromatic rings. The zero-order valence-corrected chi connectivity index (χ0v) is 16.0. The molecule has 0 atom stereocenters. The molecule has 122 valence electrons. The predicted octanol–water partition coefficient (Wildman–Crippen LogP) is 4.05. The lowest BCUT2D eigenvalue weighted by Crippen LogP contribution is -2.40. The average Bonchev–Trinajstić information content (AvgIpc) is 2.37. The monoisotopic (exact) mass is 311 g/mol. The van der Waals surface area contributed by atoms with E-state index in [0.717, 1.165) is 39.0 Å². The number of hydrogen-bond acceptors (Lipinski definition) is 2. The molecule has 0 aliphatic heterocycles. The van der Waals surface area contributed by atoms with Gasteiger partial charge in [0.2, 0.25) is 0 Å². The van der Waals surface area contributed by atoms with E-state index in [1.54, 1.807) is 4.90 Å². The molecule has 0 saturated heterocycles. The Hall–Kier alpha value is -0.793. The number of amides is 1. The molecule has 0 aromatic carbocycles. The average molecular weight is 312 g/mol. The van der Waals surface area contributed by atoms with Gasteiger partial charge in [0.15, 0.2) is 8.32 Å². The van der Waals surface area contributed by atoms with Gasteiger partial charge in [-0.25, -0.2) is 0 Å². The molecule has 21 heavy (non-hydrogen) atoms. The largest absolute Gasteiger partial charge is 0.417 e. The fourth-order valence-corrected chi connectivity index (χ4v) is 2.67. The van der Waals surface area contributed by atoms with Crippen LogP contribution < -0.4 is 0 Å². The Balaban J connectivity index is 3.92. The second-order valence-corrected chi connectivity index (χ2v) is 11.7. The van der Waals surface area contributed by atoms with Crippen LogP contribution in [0.25, 0.3) is 0 Å². The summed E-state index contributed by atoms with van der Waals surface area (Å²) < 4.78 is 6.11. The van der Waals surface area contributed by atoms with Gasteiger partial charge in [-0.3, -0.25) is 4.79 Å². The molecule has 0 N–H and O–H groups in total. The maximum atomic E-state index is 11.7. The van der Waals surface area contributed by atoms with Gasteiger partial charge in [0, 0.05) is 26.1 Å². The molecule has 0 radical (unpaired) electrons. The van der Waals surface area contributed by atoms with Gasteiger partial charge in [-0.2, -0.15) is 0 Å². The highest BCUT2D eigenvalue weighted by atomic mass is 28.4. The zero-order valence-electron chi connectivity index (χ0n) is 15.0. The van der Waals surface area contributed by atoms with Crippen molar-refractivity contribution in [1.82, 2.24) is 4.90 Å². The van der Waals surface area contributed by atoms with Gasteiger partial charge in [-0.15, -0.1) is 0 Å². The van der Waals surface area contributed by atoms with Crippen molar-refractivity contribution in [2.24, 2.45) is 0 Å². The van der Waals surface area contributed by atoms with Crippen LogP contribution in [0.5, 0.6) is 0 Å². The molecule has 0 aromatic heterocycles. The van der Waals surface area contributed by atoms with Crippen LogP contribution in [0.1, 0.15) is 53.9 Å². The smallest absolute Gasteiger partial charge is 0.298 e. The van der Waals surface area contributed by atoms with Gasteiger partial charge >= 0.3 is 0 Å². The summed E-state index contributed by atoms with van der Waals surface area (Å²) in [6.45, 7) is 17.5. The third kappa shape index (κ3) is 7.68. The first-order valence-electron chi connectivity index (χ1n) is 8.07. The Kier molecular flexibility index (Phi) is 8.92. The van der Waals surface area contributed by atoms with Crippen LogP contribution in [0.4, 0.5) is 0 Å². The summed E-state index contributed by atoms with van der Waals surface area (Å²) in [6.07, 6.45) is 2.78. The van der Waals surface area contributed by atoms with E-state index in [0.29, 0.717) is 0 Å². The molecule has 0 spiro atoms. The lowest BCUT2D eigenvalue weighted by atomic mass is 10.2. The quantitative estimate of drug-likeness (QED) is 0.403. The fraction of sp³-hybridized carbons (Fsp3) is 0.824. The summed E-state index contributed by atoms with van der Waals surface area (Å²) in [4.78, 5) is 13.4. The van der Waals surface area contributed by atoms with Crippen molar-refractivity contribution in [3.8, 4) is 11.8 Å². The van der Waals surface area contributed by atoms with Crippen molar-refractivity contribution < 1.29 is 9.22 Å². The lowest BCUT2D eigenvalue weighted by Gasteiger charge is -2.36. The maximum Gasteiger partial charge on any atom is 0.298 e. The van der Waals surface area contributed by atoms with Gasteiger partial charge < -0.3 is 9.33 Å². The second kappa shape index (κ2) is 9.27. The molecule has 4 heteroatoms. The van der Waals surface area contributed by atoms with Crippen molar-refractivity contribution in [1.29, 1.82) is 0 Å². The van der Waals surface area contributed by atoms with E-state index in [-0.39, 0.29) is 10.9 Å². The van der Waals surface area contributed by atoms with Gasteiger partial charge in [-0.1, -0.05) is 26.7 Å². The first-order chi connectivity index (χ1) is 9.65. The molecule has 0 saturated carbocycles. The van der Waals surface area contributed by atoms with Crippen LogP contribution in [0, 0.1) is 11.8 Å². The number of rotatable bonds is 7. The molecule has 0 heterocycles. The van der Waals surface area contributed by atoms with Crippen molar-refractivity contribution in [2.75, 3.05) is 19.7 Å². The topological polar surface area (TPSA) is 29.5 Å². The second-order valence-electron chi connectivity index (χ2n) is 6.85. The third-order valence-electron chi connectivity index (χ3n) is 4.21. The van der Waals surface area contributed by atoms with Crippen molar-refractivity contribution in [3.63, 3.8) is 0 Å². The highest BCUT2D eigenvalue weighted by Gasteiger charge is 2.36. The Morgan fingerprint density at radius 3 is 2.19 bits per heavy atom. The number of carbonyl (C=O) groups is 1. The minimum atomic E-state index is -1.61. The van der Waals surface area contributed by atoms with Crippen molar-refractivity contribution in [3.05, 3.63) is 0 Å².